The highest BCUT2D eigenvalue weighted by atomic mass is 80.0. The Hall–Kier alpha value is 0.140. The molecule has 0 aliphatic carbocycles. The summed E-state index contributed by atoms with van der Waals surface area (Å²) in [5, 5.41) is 2.54. The zero-order chi connectivity index (χ0) is 11.1. The summed E-state index contributed by atoms with van der Waals surface area (Å²) in [5.41, 5.74) is 2.48. The molecule has 0 heterocycles. The van der Waals surface area contributed by atoms with Crippen molar-refractivity contribution in [2.45, 2.75) is 9.07 Å². The molecule has 0 aromatic heterocycles. The monoisotopic (exact) mass is 390 g/mol. The van der Waals surface area contributed by atoms with Gasteiger partial charge in [0.1, 0.15) is 0 Å². The molecule has 0 radical (unpaired) electrons. The van der Waals surface area contributed by atoms with Crippen LogP contribution < -0.4 is 0 Å². The van der Waals surface area contributed by atoms with Gasteiger partial charge >= 0.3 is 0 Å². The van der Waals surface area contributed by atoms with Gasteiger partial charge in [-0.15, -0.1) is 0 Å². The van der Waals surface area contributed by atoms with Crippen LogP contribution in [0.15, 0.2) is 36.4 Å². The fourth-order valence-electron chi connectivity index (χ4n) is 1.70. The Morgan fingerprint density at radius 2 is 1.47 bits per heavy atom. The average Bonchev–Trinajstić information content (AvgIpc) is 2.17. The number of halogens is 3. The van der Waals surface area contributed by atoms with Crippen molar-refractivity contribution in [1.29, 1.82) is 0 Å². The molecule has 0 atom stereocenters. The standard InChI is InChI=1S/C12H9Br3/c1-8-6-7-11(12(13,14)15)10-5-3-2-4-9(8)10/h2-7H,1H3. The summed E-state index contributed by atoms with van der Waals surface area (Å²) < 4.78 is -0.347. The van der Waals surface area contributed by atoms with Crippen LogP contribution in [0, 0.1) is 6.92 Å². The SMILES string of the molecule is Cc1ccc(C(Br)(Br)Br)c2ccccc12. The number of rotatable bonds is 0. The van der Waals surface area contributed by atoms with Crippen LogP contribution in [0.25, 0.3) is 10.8 Å². The van der Waals surface area contributed by atoms with Gasteiger partial charge in [-0.3, -0.25) is 0 Å². The lowest BCUT2D eigenvalue weighted by Gasteiger charge is -2.16. The fourth-order valence-corrected chi connectivity index (χ4v) is 2.73. The van der Waals surface area contributed by atoms with Crippen LogP contribution >= 0.6 is 47.8 Å². The van der Waals surface area contributed by atoms with E-state index in [9.17, 15) is 0 Å². The fraction of sp³-hybridized carbons (Fsp3) is 0.167. The van der Waals surface area contributed by atoms with E-state index in [2.05, 4.69) is 91.1 Å². The highest BCUT2D eigenvalue weighted by molar-refractivity contribution is 9.38. The molecule has 0 bridgehead atoms. The molecule has 0 N–H and O–H groups in total. The van der Waals surface area contributed by atoms with E-state index in [1.807, 2.05) is 0 Å². The smallest absolute Gasteiger partial charge is 0.0616 e. The molecule has 0 nitrogen and oxygen atoms in total. The first-order valence-corrected chi connectivity index (χ1v) is 6.93. The van der Waals surface area contributed by atoms with Gasteiger partial charge in [0.2, 0.25) is 0 Å². The normalized spacial score (nSPS) is 12.0. The topological polar surface area (TPSA) is 0 Å². The van der Waals surface area contributed by atoms with Crippen LogP contribution in [0.5, 0.6) is 0 Å². The second kappa shape index (κ2) is 4.19. The lowest BCUT2D eigenvalue weighted by atomic mass is 10.0. The lowest BCUT2D eigenvalue weighted by molar-refractivity contribution is 1.39. The quantitative estimate of drug-likeness (QED) is 0.523. The zero-order valence-electron chi connectivity index (χ0n) is 8.10. The first-order valence-electron chi connectivity index (χ1n) is 4.55. The number of benzene rings is 2. The minimum Gasteiger partial charge on any atom is -0.0616 e. The summed E-state index contributed by atoms with van der Waals surface area (Å²) in [6.45, 7) is 2.13. The van der Waals surface area contributed by atoms with Gasteiger partial charge in [-0.1, -0.05) is 84.2 Å². The number of aryl methyl sites for hydroxylation is 1. The van der Waals surface area contributed by atoms with Crippen LogP contribution in [0.1, 0.15) is 11.1 Å². The Morgan fingerprint density at radius 1 is 0.867 bits per heavy atom. The van der Waals surface area contributed by atoms with Crippen molar-refractivity contribution in [3.8, 4) is 0 Å². The molecule has 0 saturated heterocycles. The minimum atomic E-state index is -0.347. The number of hydrogen-bond donors (Lipinski definition) is 0. The van der Waals surface area contributed by atoms with E-state index < -0.39 is 0 Å². The van der Waals surface area contributed by atoms with Crippen molar-refractivity contribution in [1.82, 2.24) is 0 Å². The lowest BCUT2D eigenvalue weighted by Crippen LogP contribution is -1.99. The molecule has 2 aromatic rings. The second-order valence-electron chi connectivity index (χ2n) is 3.47. The van der Waals surface area contributed by atoms with E-state index in [1.165, 1.54) is 21.9 Å². The van der Waals surface area contributed by atoms with E-state index in [0.717, 1.165) is 0 Å². The Bertz CT molecular complexity index is 498. The first kappa shape index (κ1) is 11.6. The number of hydrogen-bond acceptors (Lipinski definition) is 0. The molecular formula is C12H9Br3. The third-order valence-corrected chi connectivity index (χ3v) is 3.73. The van der Waals surface area contributed by atoms with Crippen molar-refractivity contribution in [2.24, 2.45) is 0 Å². The van der Waals surface area contributed by atoms with Gasteiger partial charge in [-0.2, -0.15) is 0 Å². The van der Waals surface area contributed by atoms with Crippen LogP contribution in [0.2, 0.25) is 0 Å². The maximum absolute atomic E-state index is 3.57. The van der Waals surface area contributed by atoms with E-state index in [0.29, 0.717) is 0 Å². The Morgan fingerprint density at radius 3 is 2.07 bits per heavy atom. The van der Waals surface area contributed by atoms with Gasteiger partial charge in [-0.25, -0.2) is 0 Å². The molecule has 0 fully saturated rings. The van der Waals surface area contributed by atoms with E-state index in [1.54, 1.807) is 0 Å². The van der Waals surface area contributed by atoms with E-state index in [4.69, 9.17) is 0 Å². The summed E-state index contributed by atoms with van der Waals surface area (Å²) >= 11 is 10.7. The first-order chi connectivity index (χ1) is 7.00. The molecule has 15 heavy (non-hydrogen) atoms. The highest BCUT2D eigenvalue weighted by Crippen LogP contribution is 2.47. The van der Waals surface area contributed by atoms with Crippen molar-refractivity contribution < 1.29 is 0 Å². The van der Waals surface area contributed by atoms with Crippen LogP contribution in [-0.2, 0) is 2.14 Å². The largest absolute Gasteiger partial charge is 0.160 e. The summed E-state index contributed by atoms with van der Waals surface area (Å²) in [7, 11) is 0. The van der Waals surface area contributed by atoms with Crippen LogP contribution in [0.4, 0.5) is 0 Å². The van der Waals surface area contributed by atoms with Gasteiger partial charge in [0, 0.05) is 0 Å². The van der Waals surface area contributed by atoms with Gasteiger partial charge in [0.25, 0.3) is 0 Å². The molecule has 3 heteroatoms. The minimum absolute atomic E-state index is 0.347. The van der Waals surface area contributed by atoms with Crippen molar-refractivity contribution in [2.75, 3.05) is 0 Å². The Labute approximate surface area is 114 Å². The molecule has 0 aliphatic rings. The predicted octanol–water partition coefficient (Wildman–Crippen LogP) is 5.44. The number of alkyl halides is 3. The van der Waals surface area contributed by atoms with Crippen LogP contribution in [0.3, 0.4) is 0 Å². The maximum atomic E-state index is 3.57. The van der Waals surface area contributed by atoms with E-state index in [-0.39, 0.29) is 2.14 Å². The van der Waals surface area contributed by atoms with Crippen molar-refractivity contribution in [3.63, 3.8) is 0 Å². The zero-order valence-corrected chi connectivity index (χ0v) is 12.9. The third kappa shape index (κ3) is 2.29. The van der Waals surface area contributed by atoms with E-state index >= 15 is 0 Å². The summed E-state index contributed by atoms with van der Waals surface area (Å²) in [6.07, 6.45) is 0. The van der Waals surface area contributed by atoms with Gasteiger partial charge in [0.05, 0.1) is 0 Å². The second-order valence-corrected chi connectivity index (χ2v) is 10.2. The highest BCUT2D eigenvalue weighted by Gasteiger charge is 2.23. The Kier molecular flexibility index (Phi) is 3.25. The summed E-state index contributed by atoms with van der Waals surface area (Å²) in [5.74, 6) is 0. The maximum Gasteiger partial charge on any atom is 0.160 e. The third-order valence-electron chi connectivity index (χ3n) is 2.45. The number of fused-ring (bicyclic) bond motifs is 1. The molecule has 0 saturated carbocycles. The van der Waals surface area contributed by atoms with Crippen LogP contribution in [-0.4, -0.2) is 0 Å². The summed E-state index contributed by atoms with van der Waals surface area (Å²) in [4.78, 5) is 0. The van der Waals surface area contributed by atoms with Gasteiger partial charge in [0.15, 0.2) is 2.14 Å². The van der Waals surface area contributed by atoms with Crippen molar-refractivity contribution >= 4 is 58.6 Å². The van der Waals surface area contributed by atoms with Gasteiger partial charge in [-0.05, 0) is 28.8 Å². The molecule has 0 unspecified atom stereocenters. The molecule has 2 aromatic carbocycles. The van der Waals surface area contributed by atoms with Gasteiger partial charge < -0.3 is 0 Å². The Balaban J connectivity index is 2.84. The molecule has 0 aliphatic heterocycles. The summed E-state index contributed by atoms with van der Waals surface area (Å²) in [6, 6.07) is 12.7. The molecule has 2 rings (SSSR count). The molecule has 78 valence electrons. The predicted molar refractivity (Wildman–Crippen MR) is 77.1 cm³/mol. The molecule has 0 spiro atoms. The molecule has 0 amide bonds. The molecular weight excluding hydrogens is 384 g/mol. The average molecular weight is 393 g/mol. The van der Waals surface area contributed by atoms with Crippen molar-refractivity contribution in [3.05, 3.63) is 47.5 Å².